The van der Waals surface area contributed by atoms with Crippen molar-refractivity contribution in [3.63, 3.8) is 0 Å². The minimum atomic E-state index is -0.452. The Labute approximate surface area is 282 Å². The Morgan fingerprint density at radius 3 is 1.54 bits per heavy atom. The van der Waals surface area contributed by atoms with Crippen molar-refractivity contribution in [3.05, 3.63) is 162 Å². The highest BCUT2D eigenvalue weighted by Crippen LogP contribution is 2.56. The number of hydrogen-bond donors (Lipinski definition) is 0. The van der Waals surface area contributed by atoms with Gasteiger partial charge in [0, 0.05) is 27.5 Å². The van der Waals surface area contributed by atoms with E-state index in [4.69, 9.17) is 15.0 Å². The summed E-state index contributed by atoms with van der Waals surface area (Å²) in [5, 5.41) is 0. The molecule has 7 aromatic rings. The van der Waals surface area contributed by atoms with E-state index in [2.05, 4.69) is 155 Å². The Morgan fingerprint density at radius 1 is 0.375 bits per heavy atom. The smallest absolute Gasteiger partial charge is 0.112 e. The van der Waals surface area contributed by atoms with Crippen LogP contribution in [0.3, 0.4) is 0 Å². The third kappa shape index (κ3) is 4.10. The Kier molecular flexibility index (Phi) is 6.20. The van der Waals surface area contributed by atoms with E-state index in [9.17, 15) is 0 Å². The van der Waals surface area contributed by atoms with Crippen LogP contribution in [0.4, 0.5) is 0 Å². The van der Waals surface area contributed by atoms with Gasteiger partial charge in [-0.05, 0) is 58.9 Å². The minimum Gasteiger partial charge on any atom is -0.247 e. The van der Waals surface area contributed by atoms with Crippen molar-refractivity contribution < 1.29 is 0 Å². The molecule has 0 spiro atoms. The van der Waals surface area contributed by atoms with Crippen LogP contribution in [-0.4, -0.2) is 15.0 Å². The number of fused-ring (bicyclic) bond motifs is 6. The molecule has 2 aliphatic rings. The molecule has 0 atom stereocenters. The predicted molar refractivity (Wildman–Crippen MR) is 197 cm³/mol. The van der Waals surface area contributed by atoms with Crippen LogP contribution in [0.15, 0.2) is 140 Å². The molecule has 230 valence electrons. The summed E-state index contributed by atoms with van der Waals surface area (Å²) < 4.78 is 0. The van der Waals surface area contributed by atoms with E-state index in [-0.39, 0.29) is 5.41 Å². The summed E-state index contributed by atoms with van der Waals surface area (Å²) in [4.78, 5) is 16.5. The zero-order valence-electron chi connectivity index (χ0n) is 27.6. The Bertz CT molecular complexity index is 2370. The zero-order chi connectivity index (χ0) is 32.6. The maximum atomic E-state index is 5.54. The zero-order valence-corrected chi connectivity index (χ0v) is 27.6. The molecule has 0 N–H and O–H groups in total. The standard InChI is InChI=1S/C45H35N3/c1-44(2)35-26-15-14-23-31(35)32-24-16-25-33(37(32)44)34-27-36(28-17-8-5-9-18-28)46-41-38(34)45(3,4)43-42(41)47-39(29-19-10-6-11-20-29)40(48-43)30-21-12-7-13-22-30/h5-27H,1-4H3. The molecular formula is C45H35N3. The summed E-state index contributed by atoms with van der Waals surface area (Å²) in [5.41, 5.74) is 17.0. The number of aromatic nitrogens is 3. The van der Waals surface area contributed by atoms with Gasteiger partial charge in [-0.2, -0.15) is 0 Å². The second-order valence-electron chi connectivity index (χ2n) is 14.0. The van der Waals surface area contributed by atoms with E-state index in [1.54, 1.807) is 0 Å². The Morgan fingerprint density at radius 2 is 0.896 bits per heavy atom. The van der Waals surface area contributed by atoms with Gasteiger partial charge in [0.2, 0.25) is 0 Å². The fourth-order valence-corrected chi connectivity index (χ4v) is 8.14. The topological polar surface area (TPSA) is 38.7 Å². The number of benzene rings is 5. The summed E-state index contributed by atoms with van der Waals surface area (Å²) >= 11 is 0. The molecule has 5 aromatic carbocycles. The van der Waals surface area contributed by atoms with E-state index < -0.39 is 5.41 Å². The number of nitrogens with zero attached hydrogens (tertiary/aromatic N) is 3. The van der Waals surface area contributed by atoms with Gasteiger partial charge in [0.1, 0.15) is 5.69 Å². The number of pyridine rings is 1. The maximum absolute atomic E-state index is 5.54. The third-order valence-electron chi connectivity index (χ3n) is 10.4. The van der Waals surface area contributed by atoms with Crippen molar-refractivity contribution in [1.82, 2.24) is 15.0 Å². The van der Waals surface area contributed by atoms with Gasteiger partial charge >= 0.3 is 0 Å². The molecule has 9 rings (SSSR count). The molecule has 2 aliphatic carbocycles. The van der Waals surface area contributed by atoms with Crippen LogP contribution in [0.5, 0.6) is 0 Å². The first-order valence-electron chi connectivity index (χ1n) is 16.7. The normalized spacial score (nSPS) is 14.6. The Balaban J connectivity index is 1.37. The van der Waals surface area contributed by atoms with E-state index in [1.165, 1.54) is 38.9 Å². The molecule has 0 amide bonds. The fourth-order valence-electron chi connectivity index (χ4n) is 8.14. The van der Waals surface area contributed by atoms with Crippen LogP contribution in [0.1, 0.15) is 50.1 Å². The monoisotopic (exact) mass is 617 g/mol. The second-order valence-corrected chi connectivity index (χ2v) is 14.0. The Hall–Kier alpha value is -5.67. The molecule has 0 saturated heterocycles. The van der Waals surface area contributed by atoms with Crippen molar-refractivity contribution in [2.24, 2.45) is 0 Å². The van der Waals surface area contributed by atoms with Crippen LogP contribution in [-0.2, 0) is 10.8 Å². The van der Waals surface area contributed by atoms with Gasteiger partial charge in [-0.25, -0.2) is 15.0 Å². The van der Waals surface area contributed by atoms with E-state index >= 15 is 0 Å². The molecule has 0 aliphatic heterocycles. The highest BCUT2D eigenvalue weighted by molar-refractivity contribution is 5.94. The van der Waals surface area contributed by atoms with Crippen molar-refractivity contribution in [2.45, 2.75) is 38.5 Å². The second kappa shape index (κ2) is 10.4. The largest absolute Gasteiger partial charge is 0.247 e. The maximum Gasteiger partial charge on any atom is 0.112 e. The van der Waals surface area contributed by atoms with Crippen molar-refractivity contribution in [3.8, 4) is 67.4 Å². The quantitative estimate of drug-likeness (QED) is 0.197. The summed E-state index contributed by atoms with van der Waals surface area (Å²) in [6.45, 7) is 9.31. The first-order valence-corrected chi connectivity index (χ1v) is 16.7. The van der Waals surface area contributed by atoms with Gasteiger partial charge in [-0.3, -0.25) is 0 Å². The van der Waals surface area contributed by atoms with Crippen molar-refractivity contribution in [2.75, 3.05) is 0 Å². The fraction of sp³-hybridized carbons (Fsp3) is 0.133. The lowest BCUT2D eigenvalue weighted by Crippen LogP contribution is -2.20. The lowest BCUT2D eigenvalue weighted by molar-refractivity contribution is 0.635. The van der Waals surface area contributed by atoms with Crippen LogP contribution in [0, 0.1) is 0 Å². The summed E-state index contributed by atoms with van der Waals surface area (Å²) in [6.07, 6.45) is 0. The highest BCUT2D eigenvalue weighted by atomic mass is 14.9. The van der Waals surface area contributed by atoms with Gasteiger partial charge in [0.25, 0.3) is 0 Å². The first-order chi connectivity index (χ1) is 23.3. The van der Waals surface area contributed by atoms with E-state index in [0.29, 0.717) is 0 Å². The van der Waals surface area contributed by atoms with Crippen LogP contribution in [0.25, 0.3) is 67.4 Å². The molecule has 2 heterocycles. The molecule has 0 radical (unpaired) electrons. The van der Waals surface area contributed by atoms with Gasteiger partial charge in [-0.15, -0.1) is 0 Å². The highest BCUT2D eigenvalue weighted by Gasteiger charge is 2.45. The lowest BCUT2D eigenvalue weighted by Gasteiger charge is -2.28. The van der Waals surface area contributed by atoms with Crippen molar-refractivity contribution >= 4 is 0 Å². The molecule has 0 unspecified atom stereocenters. The molecule has 0 saturated carbocycles. The lowest BCUT2D eigenvalue weighted by atomic mass is 9.75. The van der Waals surface area contributed by atoms with Gasteiger partial charge in [0.15, 0.2) is 0 Å². The summed E-state index contributed by atoms with van der Waals surface area (Å²) in [7, 11) is 0. The van der Waals surface area contributed by atoms with E-state index in [0.717, 1.165) is 50.9 Å². The number of hydrogen-bond acceptors (Lipinski definition) is 3. The third-order valence-corrected chi connectivity index (χ3v) is 10.4. The number of rotatable bonds is 4. The first kappa shape index (κ1) is 28.5. The van der Waals surface area contributed by atoms with E-state index in [1.807, 2.05) is 12.1 Å². The molecule has 48 heavy (non-hydrogen) atoms. The minimum absolute atomic E-state index is 0.168. The average Bonchev–Trinajstić information content (AvgIpc) is 3.51. The molecular weight excluding hydrogens is 583 g/mol. The SMILES string of the molecule is CC1(C)c2ccccc2-c2cccc(-c3cc(-c4ccccc4)nc4c3C(C)(C)c3nc(-c5ccccc5)c(-c5ccccc5)nc3-4)c21. The molecule has 2 aromatic heterocycles. The van der Waals surface area contributed by atoms with Crippen LogP contribution in [0.2, 0.25) is 0 Å². The molecule has 3 nitrogen and oxygen atoms in total. The van der Waals surface area contributed by atoms with Gasteiger partial charge < -0.3 is 0 Å². The predicted octanol–water partition coefficient (Wildman–Crippen LogP) is 11.2. The summed E-state index contributed by atoms with van der Waals surface area (Å²) in [5.74, 6) is 0. The van der Waals surface area contributed by atoms with Gasteiger partial charge in [0.05, 0.1) is 28.5 Å². The summed E-state index contributed by atoms with van der Waals surface area (Å²) in [6, 6.07) is 49.4. The molecule has 0 fully saturated rings. The molecule has 3 heteroatoms. The van der Waals surface area contributed by atoms with Crippen LogP contribution < -0.4 is 0 Å². The van der Waals surface area contributed by atoms with Gasteiger partial charge in [-0.1, -0.05) is 147 Å². The van der Waals surface area contributed by atoms with Crippen LogP contribution >= 0.6 is 0 Å². The average molecular weight is 618 g/mol. The molecule has 0 bridgehead atoms. The van der Waals surface area contributed by atoms with Crippen molar-refractivity contribution in [1.29, 1.82) is 0 Å².